The van der Waals surface area contributed by atoms with Gasteiger partial charge in [0.25, 0.3) is 0 Å². The number of carbonyl (C=O) groups excluding carboxylic acids is 1. The lowest BCUT2D eigenvalue weighted by Gasteiger charge is -2.24. The molecule has 1 amide bonds. The van der Waals surface area contributed by atoms with Gasteiger partial charge in [-0.15, -0.1) is 11.3 Å². The van der Waals surface area contributed by atoms with E-state index in [2.05, 4.69) is 29.3 Å². The zero-order chi connectivity index (χ0) is 15.2. The van der Waals surface area contributed by atoms with Gasteiger partial charge >= 0.3 is 0 Å². The van der Waals surface area contributed by atoms with Crippen molar-refractivity contribution in [1.29, 1.82) is 0 Å². The maximum Gasteiger partial charge on any atom is 0.237 e. The van der Waals surface area contributed by atoms with E-state index in [4.69, 9.17) is 0 Å². The third kappa shape index (κ3) is 4.41. The number of carbonyl (C=O) groups is 1. The molecular formula is C17H22N2OS. The summed E-state index contributed by atoms with van der Waals surface area (Å²) in [6.45, 7) is 5.44. The van der Waals surface area contributed by atoms with Gasteiger partial charge in [-0.05, 0) is 43.5 Å². The van der Waals surface area contributed by atoms with Crippen LogP contribution >= 0.6 is 11.3 Å². The Morgan fingerprint density at radius 2 is 2.05 bits per heavy atom. The third-order valence-electron chi connectivity index (χ3n) is 3.74. The molecule has 1 heterocycles. The molecule has 3 nitrogen and oxygen atoms in total. The van der Waals surface area contributed by atoms with Crippen LogP contribution in [0.1, 0.15) is 22.9 Å². The second-order valence-electron chi connectivity index (χ2n) is 5.31. The number of amides is 1. The fourth-order valence-corrected chi connectivity index (χ4v) is 2.77. The maximum absolute atomic E-state index is 12.2. The molecule has 0 aliphatic carbocycles. The highest BCUT2D eigenvalue weighted by atomic mass is 32.1. The van der Waals surface area contributed by atoms with E-state index >= 15 is 0 Å². The number of rotatable bonds is 6. The monoisotopic (exact) mass is 302 g/mol. The number of hydrogen-bond donors (Lipinski definition) is 1. The molecule has 1 aromatic carbocycles. The molecule has 112 valence electrons. The van der Waals surface area contributed by atoms with Crippen LogP contribution in [0, 0.1) is 6.92 Å². The highest BCUT2D eigenvalue weighted by molar-refractivity contribution is 7.09. The molecule has 0 bridgehead atoms. The van der Waals surface area contributed by atoms with Gasteiger partial charge in [-0.25, -0.2) is 0 Å². The molecule has 0 saturated heterocycles. The van der Waals surface area contributed by atoms with Gasteiger partial charge in [0.15, 0.2) is 0 Å². The Balaban J connectivity index is 1.88. The number of hydrogen-bond acceptors (Lipinski definition) is 3. The molecule has 0 aliphatic rings. The largest absolute Gasteiger partial charge is 0.350 e. The van der Waals surface area contributed by atoms with Crippen LogP contribution in [-0.2, 0) is 17.9 Å². The van der Waals surface area contributed by atoms with Crippen LogP contribution in [-0.4, -0.2) is 23.9 Å². The van der Waals surface area contributed by atoms with Crippen molar-refractivity contribution in [3.63, 3.8) is 0 Å². The summed E-state index contributed by atoms with van der Waals surface area (Å²) in [5, 5.41) is 5.02. The predicted molar refractivity (Wildman–Crippen MR) is 88.3 cm³/mol. The molecule has 2 rings (SSSR count). The molecule has 0 saturated carbocycles. The third-order valence-corrected chi connectivity index (χ3v) is 4.61. The quantitative estimate of drug-likeness (QED) is 0.889. The molecule has 0 aliphatic heterocycles. The van der Waals surface area contributed by atoms with Crippen molar-refractivity contribution < 1.29 is 4.79 Å². The average molecular weight is 302 g/mol. The lowest BCUT2D eigenvalue weighted by molar-refractivity contribution is -0.125. The predicted octanol–water partition coefficient (Wildman–Crippen LogP) is 3.19. The number of nitrogens with zero attached hydrogens (tertiary/aromatic N) is 1. The molecule has 0 spiro atoms. The van der Waals surface area contributed by atoms with Gasteiger partial charge in [-0.2, -0.15) is 0 Å². The van der Waals surface area contributed by atoms with E-state index < -0.39 is 0 Å². The Morgan fingerprint density at radius 1 is 1.29 bits per heavy atom. The van der Waals surface area contributed by atoms with Crippen molar-refractivity contribution in [2.24, 2.45) is 0 Å². The van der Waals surface area contributed by atoms with E-state index in [-0.39, 0.29) is 11.9 Å². The second-order valence-corrected chi connectivity index (χ2v) is 6.35. The molecule has 1 N–H and O–H groups in total. The van der Waals surface area contributed by atoms with Crippen molar-refractivity contribution >= 4 is 17.2 Å². The Kier molecular flexibility index (Phi) is 5.53. The Bertz CT molecular complexity index is 580. The topological polar surface area (TPSA) is 32.3 Å². The number of benzene rings is 1. The first-order valence-corrected chi connectivity index (χ1v) is 8.00. The van der Waals surface area contributed by atoms with Gasteiger partial charge in [0.05, 0.1) is 12.6 Å². The van der Waals surface area contributed by atoms with Crippen molar-refractivity contribution in [3.05, 3.63) is 57.8 Å². The molecular weight excluding hydrogens is 280 g/mol. The van der Waals surface area contributed by atoms with Crippen LogP contribution in [0.2, 0.25) is 0 Å². The number of likely N-dealkylation sites (N-methyl/N-ethyl adjacent to an activating group) is 1. The van der Waals surface area contributed by atoms with Gasteiger partial charge in [0.2, 0.25) is 5.91 Å². The molecule has 1 atom stereocenters. The lowest BCUT2D eigenvalue weighted by atomic mass is 10.1. The van der Waals surface area contributed by atoms with Crippen molar-refractivity contribution in [2.45, 2.75) is 33.0 Å². The van der Waals surface area contributed by atoms with Crippen LogP contribution in [0.4, 0.5) is 0 Å². The van der Waals surface area contributed by atoms with E-state index in [1.165, 1.54) is 16.0 Å². The highest BCUT2D eigenvalue weighted by Gasteiger charge is 2.18. The Hall–Kier alpha value is -1.65. The van der Waals surface area contributed by atoms with Crippen LogP contribution in [0.3, 0.4) is 0 Å². The fraction of sp³-hybridized carbons (Fsp3) is 0.353. The van der Waals surface area contributed by atoms with Crippen LogP contribution < -0.4 is 5.32 Å². The smallest absolute Gasteiger partial charge is 0.237 e. The standard InChI is InChI=1S/C17H22N2OS/c1-13-7-4-5-8-15(13)12-19(3)14(2)17(20)18-11-16-9-6-10-21-16/h4-10,14H,11-12H2,1-3H3,(H,18,20). The average Bonchev–Trinajstić information content (AvgIpc) is 2.99. The first-order chi connectivity index (χ1) is 10.1. The van der Waals surface area contributed by atoms with E-state index in [1.807, 2.05) is 43.6 Å². The maximum atomic E-state index is 12.2. The summed E-state index contributed by atoms with van der Waals surface area (Å²) in [5.74, 6) is 0.0690. The first kappa shape index (κ1) is 15.7. The first-order valence-electron chi connectivity index (χ1n) is 7.12. The van der Waals surface area contributed by atoms with Gasteiger partial charge < -0.3 is 5.32 Å². The Labute approximate surface area is 130 Å². The number of thiophene rings is 1. The minimum absolute atomic E-state index is 0.0690. The molecule has 4 heteroatoms. The second kappa shape index (κ2) is 7.38. The highest BCUT2D eigenvalue weighted by Crippen LogP contribution is 2.12. The molecule has 2 aromatic rings. The molecule has 21 heavy (non-hydrogen) atoms. The van der Waals surface area contributed by atoms with E-state index in [0.29, 0.717) is 6.54 Å². The zero-order valence-electron chi connectivity index (χ0n) is 12.8. The summed E-state index contributed by atoms with van der Waals surface area (Å²) >= 11 is 1.66. The van der Waals surface area contributed by atoms with E-state index in [9.17, 15) is 4.79 Å². The van der Waals surface area contributed by atoms with Crippen molar-refractivity contribution in [2.75, 3.05) is 7.05 Å². The summed E-state index contributed by atoms with van der Waals surface area (Å²) in [4.78, 5) is 15.5. The normalized spacial score (nSPS) is 12.4. The lowest BCUT2D eigenvalue weighted by Crippen LogP contribution is -2.42. The van der Waals surface area contributed by atoms with Crippen molar-refractivity contribution in [1.82, 2.24) is 10.2 Å². The zero-order valence-corrected chi connectivity index (χ0v) is 13.6. The van der Waals surface area contributed by atoms with Crippen LogP contribution in [0.25, 0.3) is 0 Å². The SMILES string of the molecule is Cc1ccccc1CN(C)C(C)C(=O)NCc1cccs1. The van der Waals surface area contributed by atoms with E-state index in [1.54, 1.807) is 11.3 Å². The Morgan fingerprint density at radius 3 is 2.71 bits per heavy atom. The van der Waals surface area contributed by atoms with Gasteiger partial charge in [0, 0.05) is 11.4 Å². The molecule has 1 unspecified atom stereocenters. The van der Waals surface area contributed by atoms with Gasteiger partial charge in [0.1, 0.15) is 0 Å². The fourth-order valence-electron chi connectivity index (χ4n) is 2.13. The number of nitrogens with one attached hydrogen (secondary N) is 1. The minimum Gasteiger partial charge on any atom is -0.350 e. The van der Waals surface area contributed by atoms with E-state index in [0.717, 1.165) is 6.54 Å². The molecule has 1 aromatic heterocycles. The summed E-state index contributed by atoms with van der Waals surface area (Å²) in [7, 11) is 1.99. The summed E-state index contributed by atoms with van der Waals surface area (Å²) < 4.78 is 0. The summed E-state index contributed by atoms with van der Waals surface area (Å²) in [6.07, 6.45) is 0. The minimum atomic E-state index is -0.149. The van der Waals surface area contributed by atoms with Gasteiger partial charge in [-0.3, -0.25) is 9.69 Å². The number of aryl methyl sites for hydroxylation is 1. The molecule has 0 fully saturated rings. The molecule has 0 radical (unpaired) electrons. The summed E-state index contributed by atoms with van der Waals surface area (Å²) in [6, 6.07) is 12.2. The van der Waals surface area contributed by atoms with Crippen LogP contribution in [0.15, 0.2) is 41.8 Å². The van der Waals surface area contributed by atoms with Gasteiger partial charge in [-0.1, -0.05) is 30.3 Å². The summed E-state index contributed by atoms with van der Waals surface area (Å²) in [5.41, 5.74) is 2.52. The van der Waals surface area contributed by atoms with Crippen LogP contribution in [0.5, 0.6) is 0 Å². The van der Waals surface area contributed by atoms with Crippen molar-refractivity contribution in [3.8, 4) is 0 Å².